The van der Waals surface area contributed by atoms with Gasteiger partial charge >= 0.3 is 0 Å². The van der Waals surface area contributed by atoms with Crippen molar-refractivity contribution in [1.82, 2.24) is 43.5 Å². The SMILES string of the molecule is CC(=O)N1CCN(c2ccc(-n3c(C)nc(C)cc3=O)cc2F)CC1.Cc1cc(=O)n(-c2ccc(N3C=NN(C(=O)CO)CC3)c(F)c2)c(C)n1.Cc1cc(=O)n(-c2ccc(N3CCN(C(=O)CO)CC3)c(F)c2)c(C)n1. The first-order chi connectivity index (χ1) is 36.7. The lowest BCUT2D eigenvalue weighted by atomic mass is 10.2. The smallest absolute Gasteiger partial charge is 0.268 e. The topological polar surface area (TPSA) is 228 Å². The maximum atomic E-state index is 14.7. The summed E-state index contributed by atoms with van der Waals surface area (Å²) in [5, 5.41) is 22.8. The average molecular weight is 1060 g/mol. The average Bonchev–Trinajstić information content (AvgIpc) is 3.38. The van der Waals surface area contributed by atoms with Crippen LogP contribution in [-0.2, 0) is 14.4 Å². The van der Waals surface area contributed by atoms with Gasteiger partial charge in [-0.15, -0.1) is 0 Å². The molecule has 2 N–H and O–H groups in total. The number of amides is 3. The lowest BCUT2D eigenvalue weighted by Crippen LogP contribution is -2.49. The molecule has 0 aliphatic carbocycles. The molecule has 77 heavy (non-hydrogen) atoms. The van der Waals surface area contributed by atoms with Gasteiger partial charge in [0.25, 0.3) is 22.6 Å². The highest BCUT2D eigenvalue weighted by Gasteiger charge is 2.25. The number of hydrogen-bond donors (Lipinski definition) is 2. The maximum absolute atomic E-state index is 14.7. The summed E-state index contributed by atoms with van der Waals surface area (Å²) in [7, 11) is 0. The van der Waals surface area contributed by atoms with Crippen molar-refractivity contribution in [2.24, 2.45) is 5.10 Å². The number of nitrogens with zero attached hydrogens (tertiary/aromatic N) is 13. The second kappa shape index (κ2) is 24.4. The van der Waals surface area contributed by atoms with Gasteiger partial charge in [0.1, 0.15) is 54.5 Å². The highest BCUT2D eigenvalue weighted by atomic mass is 19.1. The van der Waals surface area contributed by atoms with E-state index in [1.807, 2.05) is 9.80 Å². The summed E-state index contributed by atoms with van der Waals surface area (Å²) in [4.78, 5) is 92.3. The molecule has 0 saturated carbocycles. The van der Waals surface area contributed by atoms with Gasteiger partial charge in [0.05, 0.1) is 40.7 Å². The quantitative estimate of drug-likeness (QED) is 0.224. The molecule has 3 aromatic carbocycles. The van der Waals surface area contributed by atoms with Crippen molar-refractivity contribution in [2.45, 2.75) is 48.5 Å². The first kappa shape index (κ1) is 56.2. The van der Waals surface area contributed by atoms with E-state index in [1.54, 1.807) is 99.6 Å². The van der Waals surface area contributed by atoms with Crippen LogP contribution in [0, 0.1) is 59.0 Å². The van der Waals surface area contributed by atoms with Gasteiger partial charge in [-0.25, -0.2) is 33.1 Å². The number of anilines is 3. The fourth-order valence-corrected chi connectivity index (χ4v) is 9.27. The molecule has 9 rings (SSSR count). The van der Waals surface area contributed by atoms with Crippen LogP contribution in [0.25, 0.3) is 17.1 Å². The molecule has 406 valence electrons. The minimum absolute atomic E-state index is 0.0391. The lowest BCUT2D eigenvalue weighted by Gasteiger charge is -2.36. The number of aromatic nitrogens is 6. The van der Waals surface area contributed by atoms with Crippen LogP contribution in [0.2, 0.25) is 0 Å². The van der Waals surface area contributed by atoms with Gasteiger partial charge in [0, 0.05) is 119 Å². The van der Waals surface area contributed by atoms with Gasteiger partial charge in [-0.3, -0.25) is 42.5 Å². The van der Waals surface area contributed by atoms with Gasteiger partial charge in [-0.05, 0) is 77.9 Å². The molecule has 3 aliphatic rings. The summed E-state index contributed by atoms with van der Waals surface area (Å²) < 4.78 is 48.1. The molecule has 6 aromatic rings. The Kier molecular flexibility index (Phi) is 17.8. The Morgan fingerprint density at radius 3 is 1.16 bits per heavy atom. The molecular weight excluding hydrogens is 1000 g/mol. The van der Waals surface area contributed by atoms with Gasteiger partial charge in [-0.2, -0.15) is 5.10 Å². The molecule has 21 nitrogen and oxygen atoms in total. The zero-order valence-corrected chi connectivity index (χ0v) is 43.8. The molecular formula is C53H60F3N13O8. The van der Waals surface area contributed by atoms with Crippen molar-refractivity contribution in [3.8, 4) is 17.1 Å². The Hall–Kier alpha value is -8.51. The molecule has 0 unspecified atom stereocenters. The fraction of sp³-hybridized carbons (Fsp3) is 0.358. The summed E-state index contributed by atoms with van der Waals surface area (Å²) in [5.74, 6) is -0.650. The second-order valence-corrected chi connectivity index (χ2v) is 18.4. The number of piperazine rings is 2. The summed E-state index contributed by atoms with van der Waals surface area (Å²) in [6, 6.07) is 18.1. The number of carbonyl (C=O) groups is 3. The fourth-order valence-electron chi connectivity index (χ4n) is 9.27. The molecule has 3 aliphatic heterocycles. The van der Waals surface area contributed by atoms with Crippen molar-refractivity contribution in [2.75, 3.05) is 93.4 Å². The summed E-state index contributed by atoms with van der Waals surface area (Å²) >= 11 is 0. The number of aryl methyl sites for hydroxylation is 6. The Morgan fingerprint density at radius 1 is 0.481 bits per heavy atom. The third kappa shape index (κ3) is 13.1. The lowest BCUT2D eigenvalue weighted by molar-refractivity contribution is -0.135. The highest BCUT2D eigenvalue weighted by Crippen LogP contribution is 2.26. The molecule has 6 heterocycles. The highest BCUT2D eigenvalue weighted by molar-refractivity contribution is 5.84. The molecule has 3 amide bonds. The Labute approximate surface area is 441 Å². The monoisotopic (exact) mass is 1060 g/mol. The molecule has 3 aromatic heterocycles. The Bertz CT molecular complexity index is 3400. The van der Waals surface area contributed by atoms with Crippen LogP contribution in [-0.4, -0.2) is 156 Å². The van der Waals surface area contributed by atoms with E-state index in [1.165, 1.54) is 56.4 Å². The third-order valence-corrected chi connectivity index (χ3v) is 13.0. The molecule has 0 radical (unpaired) electrons. The van der Waals surface area contributed by atoms with Gasteiger partial charge in [-0.1, -0.05) is 0 Å². The van der Waals surface area contributed by atoms with Crippen LogP contribution in [0.5, 0.6) is 0 Å². The predicted octanol–water partition coefficient (Wildman–Crippen LogP) is 2.86. The number of hydrogen-bond acceptors (Lipinski definition) is 15. The van der Waals surface area contributed by atoms with E-state index < -0.39 is 30.8 Å². The maximum Gasteiger partial charge on any atom is 0.268 e. The summed E-state index contributed by atoms with van der Waals surface area (Å²) in [6.45, 7) is 15.5. The van der Waals surface area contributed by atoms with Gasteiger partial charge in [0.2, 0.25) is 11.8 Å². The number of rotatable bonds is 8. The van der Waals surface area contributed by atoms with Crippen LogP contribution in [0.15, 0.2) is 92.3 Å². The summed E-state index contributed by atoms with van der Waals surface area (Å²) in [6.07, 6.45) is 1.33. The first-order valence-corrected chi connectivity index (χ1v) is 24.7. The molecule has 0 spiro atoms. The Morgan fingerprint density at radius 2 is 0.844 bits per heavy atom. The third-order valence-electron chi connectivity index (χ3n) is 13.0. The summed E-state index contributed by atoms with van der Waals surface area (Å²) in [5.41, 5.74) is 3.56. The van der Waals surface area contributed by atoms with Crippen LogP contribution in [0.4, 0.5) is 30.2 Å². The van der Waals surface area contributed by atoms with E-state index in [2.05, 4.69) is 20.1 Å². The van der Waals surface area contributed by atoms with Crippen molar-refractivity contribution in [1.29, 1.82) is 0 Å². The molecule has 0 atom stereocenters. The van der Waals surface area contributed by atoms with Crippen LogP contribution in [0.3, 0.4) is 0 Å². The van der Waals surface area contributed by atoms with E-state index in [9.17, 15) is 41.9 Å². The van der Waals surface area contributed by atoms with E-state index >= 15 is 0 Å². The number of aliphatic hydroxyl groups is 2. The van der Waals surface area contributed by atoms with Crippen molar-refractivity contribution >= 4 is 41.1 Å². The predicted molar refractivity (Wildman–Crippen MR) is 283 cm³/mol. The zero-order valence-electron chi connectivity index (χ0n) is 43.8. The van der Waals surface area contributed by atoms with Crippen LogP contribution in [0.1, 0.15) is 41.5 Å². The largest absolute Gasteiger partial charge is 0.387 e. The molecule has 2 saturated heterocycles. The Balaban J connectivity index is 0.000000168. The van der Waals surface area contributed by atoms with E-state index in [0.717, 1.165) is 5.01 Å². The van der Waals surface area contributed by atoms with Crippen molar-refractivity contribution < 1.29 is 37.8 Å². The van der Waals surface area contributed by atoms with E-state index in [-0.39, 0.29) is 46.5 Å². The molecule has 2 fully saturated rings. The molecule has 24 heteroatoms. The number of carbonyl (C=O) groups excluding carboxylic acids is 3. The van der Waals surface area contributed by atoms with Gasteiger partial charge in [0.15, 0.2) is 0 Å². The number of aliphatic hydroxyl groups excluding tert-OH is 2. The minimum Gasteiger partial charge on any atom is -0.387 e. The number of halogens is 3. The standard InChI is InChI=1S/C18H21FN4O3.C18H21FN4O2.C17H18FN5O3/c1-12-9-17(25)23(13(2)20-12)14-3-4-16(15(19)10-14)21-5-7-22(8-6-21)18(26)11-24;1-12-10-18(25)23(13(2)20-12)15-4-5-17(16(19)11-15)22-8-6-21(7-9-22)14(3)24;1-11-7-16(25)23(12(2)20-11)13-3-4-15(14(18)8-13)21-5-6-22(19-10-21)17(26)9-24/h3-4,9-10,24H,5-8,11H2,1-2H3;4-5,10-11H,6-9H2,1-3H3;3-4,7-8,10,24H,5-6,9H2,1-2H3. The van der Waals surface area contributed by atoms with Crippen LogP contribution >= 0.6 is 0 Å². The van der Waals surface area contributed by atoms with Crippen molar-refractivity contribution in [3.63, 3.8) is 0 Å². The second-order valence-electron chi connectivity index (χ2n) is 18.4. The normalized spacial score (nSPS) is 14.4. The van der Waals surface area contributed by atoms with E-state index in [0.29, 0.717) is 122 Å². The van der Waals surface area contributed by atoms with Crippen LogP contribution < -0.4 is 31.4 Å². The minimum atomic E-state index is -0.626. The number of benzene rings is 3. The first-order valence-electron chi connectivity index (χ1n) is 24.7. The van der Waals surface area contributed by atoms with Crippen molar-refractivity contribution in [3.05, 3.63) is 156 Å². The number of hydrazone groups is 1. The van der Waals surface area contributed by atoms with E-state index in [4.69, 9.17) is 10.2 Å². The zero-order chi connectivity index (χ0) is 55.8. The van der Waals surface area contributed by atoms with Gasteiger partial charge < -0.3 is 34.7 Å². The molecule has 0 bridgehead atoms.